The molecule has 0 unspecified atom stereocenters. The number of ether oxygens (including phenoxy) is 1. The van der Waals surface area contributed by atoms with Gasteiger partial charge in [-0.1, -0.05) is 29.8 Å². The van der Waals surface area contributed by atoms with Gasteiger partial charge < -0.3 is 15.4 Å². The highest BCUT2D eigenvalue weighted by molar-refractivity contribution is 8.01. The minimum Gasteiger partial charge on any atom is -0.452 e. The second-order valence-corrected chi connectivity index (χ2v) is 8.06. The van der Waals surface area contributed by atoms with Crippen LogP contribution in [-0.2, 0) is 19.1 Å². The molecule has 28 heavy (non-hydrogen) atoms. The lowest BCUT2D eigenvalue weighted by Gasteiger charge is -2.23. The zero-order chi connectivity index (χ0) is 20.3. The summed E-state index contributed by atoms with van der Waals surface area (Å²) in [6, 6.07) is 12.5. The number of halogens is 1. The standard InChI is InChI=1S/C20H19ClN2O4S/c1-11-7-8-13(21)9-15(11)23-19(25)12(2)27-18(24)10-17-20(26)22-14-5-3-4-6-16(14)28-17/h3-9,12,17H,10H2,1-2H3,(H,22,26)(H,23,25)/t12-,17-/m1/s1. The van der Waals surface area contributed by atoms with E-state index in [0.717, 1.165) is 16.1 Å². The van der Waals surface area contributed by atoms with Crippen molar-refractivity contribution in [1.29, 1.82) is 0 Å². The van der Waals surface area contributed by atoms with Gasteiger partial charge in [0.25, 0.3) is 5.91 Å². The van der Waals surface area contributed by atoms with Crippen LogP contribution in [0, 0.1) is 6.92 Å². The van der Waals surface area contributed by atoms with Gasteiger partial charge in [-0.3, -0.25) is 14.4 Å². The Kier molecular flexibility index (Phi) is 6.26. The zero-order valence-corrected chi connectivity index (χ0v) is 16.9. The highest BCUT2D eigenvalue weighted by Crippen LogP contribution is 2.36. The minimum atomic E-state index is -1.00. The Bertz CT molecular complexity index is 934. The quantitative estimate of drug-likeness (QED) is 0.716. The molecule has 0 radical (unpaired) electrons. The van der Waals surface area contributed by atoms with Crippen molar-refractivity contribution in [3.63, 3.8) is 0 Å². The van der Waals surface area contributed by atoms with Crippen LogP contribution in [-0.4, -0.2) is 29.1 Å². The number of anilines is 2. The number of thioether (sulfide) groups is 1. The Morgan fingerprint density at radius 3 is 2.82 bits per heavy atom. The van der Waals surface area contributed by atoms with Crippen molar-refractivity contribution in [2.75, 3.05) is 10.6 Å². The number of carbonyl (C=O) groups is 3. The van der Waals surface area contributed by atoms with Gasteiger partial charge in [0.15, 0.2) is 6.10 Å². The van der Waals surface area contributed by atoms with E-state index >= 15 is 0 Å². The maximum atomic E-state index is 12.3. The topological polar surface area (TPSA) is 84.5 Å². The van der Waals surface area contributed by atoms with Crippen LogP contribution in [0.5, 0.6) is 0 Å². The number of hydrogen-bond acceptors (Lipinski definition) is 5. The molecule has 3 rings (SSSR count). The Morgan fingerprint density at radius 2 is 2.04 bits per heavy atom. The number of esters is 1. The number of hydrogen-bond donors (Lipinski definition) is 2. The predicted octanol–water partition coefficient (Wildman–Crippen LogP) is 4.02. The smallest absolute Gasteiger partial charge is 0.308 e. The van der Waals surface area contributed by atoms with Gasteiger partial charge in [-0.05, 0) is 43.7 Å². The van der Waals surface area contributed by atoms with Crippen LogP contribution in [0.4, 0.5) is 11.4 Å². The van der Waals surface area contributed by atoms with Crippen LogP contribution in [0.15, 0.2) is 47.4 Å². The molecule has 6 nitrogen and oxygen atoms in total. The first-order valence-corrected chi connectivity index (χ1v) is 9.92. The van der Waals surface area contributed by atoms with Gasteiger partial charge in [-0.25, -0.2) is 0 Å². The number of benzene rings is 2. The highest BCUT2D eigenvalue weighted by Gasteiger charge is 2.30. The van der Waals surface area contributed by atoms with Crippen LogP contribution >= 0.6 is 23.4 Å². The molecule has 8 heteroatoms. The first-order valence-electron chi connectivity index (χ1n) is 8.66. The molecule has 0 saturated heterocycles. The summed E-state index contributed by atoms with van der Waals surface area (Å²) < 4.78 is 5.22. The van der Waals surface area contributed by atoms with E-state index in [1.165, 1.54) is 18.7 Å². The van der Waals surface area contributed by atoms with E-state index in [1.54, 1.807) is 24.3 Å². The molecule has 1 aliphatic heterocycles. The second-order valence-electron chi connectivity index (χ2n) is 6.38. The lowest BCUT2D eigenvalue weighted by atomic mass is 10.2. The van der Waals surface area contributed by atoms with E-state index in [1.807, 2.05) is 25.1 Å². The number of fused-ring (bicyclic) bond motifs is 1. The molecular weight excluding hydrogens is 400 g/mol. The van der Waals surface area contributed by atoms with Crippen molar-refractivity contribution in [3.05, 3.63) is 53.1 Å². The molecule has 2 aromatic carbocycles. The Morgan fingerprint density at radius 1 is 1.29 bits per heavy atom. The summed E-state index contributed by atoms with van der Waals surface area (Å²) in [5.74, 6) is -1.34. The Hall–Kier alpha value is -2.51. The third-order valence-electron chi connectivity index (χ3n) is 4.19. The van der Waals surface area contributed by atoms with Crippen LogP contribution in [0.3, 0.4) is 0 Å². The van der Waals surface area contributed by atoms with E-state index in [-0.39, 0.29) is 12.3 Å². The fourth-order valence-electron chi connectivity index (χ4n) is 2.64. The molecule has 0 aromatic heterocycles. The molecule has 0 aliphatic carbocycles. The van der Waals surface area contributed by atoms with Crippen molar-refractivity contribution in [2.45, 2.75) is 36.5 Å². The van der Waals surface area contributed by atoms with Gasteiger partial charge in [0.05, 0.1) is 17.4 Å². The van der Waals surface area contributed by atoms with Crippen molar-refractivity contribution in [2.24, 2.45) is 0 Å². The molecular formula is C20H19ClN2O4S. The van der Waals surface area contributed by atoms with Crippen molar-refractivity contribution >= 4 is 52.5 Å². The third-order valence-corrected chi connectivity index (χ3v) is 5.70. The van der Waals surface area contributed by atoms with Gasteiger partial charge >= 0.3 is 5.97 Å². The van der Waals surface area contributed by atoms with Gasteiger partial charge in [0, 0.05) is 15.6 Å². The largest absolute Gasteiger partial charge is 0.452 e. The average molecular weight is 419 g/mol. The SMILES string of the molecule is Cc1ccc(Cl)cc1NC(=O)[C@@H](C)OC(=O)C[C@H]1Sc2ccccc2NC1=O. The predicted molar refractivity (Wildman–Crippen MR) is 110 cm³/mol. The zero-order valence-electron chi connectivity index (χ0n) is 15.3. The first kappa shape index (κ1) is 20.2. The minimum absolute atomic E-state index is 0.126. The van der Waals surface area contributed by atoms with Crippen molar-refractivity contribution in [1.82, 2.24) is 0 Å². The van der Waals surface area contributed by atoms with E-state index in [0.29, 0.717) is 10.7 Å². The molecule has 0 saturated carbocycles. The Labute approximate surface area is 172 Å². The van der Waals surface area contributed by atoms with Crippen molar-refractivity contribution < 1.29 is 19.1 Å². The summed E-state index contributed by atoms with van der Waals surface area (Å²) in [5, 5.41) is 5.36. The number of amides is 2. The lowest BCUT2D eigenvalue weighted by Crippen LogP contribution is -2.34. The van der Waals surface area contributed by atoms with Gasteiger partial charge in [0.1, 0.15) is 0 Å². The third kappa shape index (κ3) is 4.85. The summed E-state index contributed by atoms with van der Waals surface area (Å²) in [4.78, 5) is 37.6. The summed E-state index contributed by atoms with van der Waals surface area (Å²) >= 11 is 7.25. The molecule has 0 spiro atoms. The molecule has 1 heterocycles. The van der Waals surface area contributed by atoms with Crippen LogP contribution in [0.1, 0.15) is 18.9 Å². The number of rotatable bonds is 5. The van der Waals surface area contributed by atoms with E-state index < -0.39 is 23.2 Å². The summed E-state index contributed by atoms with van der Waals surface area (Å²) in [6.07, 6.45) is -1.13. The Balaban J connectivity index is 1.56. The number of nitrogens with one attached hydrogen (secondary N) is 2. The van der Waals surface area contributed by atoms with E-state index in [9.17, 15) is 14.4 Å². The fourth-order valence-corrected chi connectivity index (χ4v) is 3.91. The highest BCUT2D eigenvalue weighted by atomic mass is 35.5. The maximum absolute atomic E-state index is 12.3. The summed E-state index contributed by atoms with van der Waals surface area (Å²) in [7, 11) is 0. The fraction of sp³-hybridized carbons (Fsp3) is 0.250. The van der Waals surface area contributed by atoms with Crippen LogP contribution in [0.2, 0.25) is 5.02 Å². The van der Waals surface area contributed by atoms with E-state index in [4.69, 9.17) is 16.3 Å². The van der Waals surface area contributed by atoms with Crippen molar-refractivity contribution in [3.8, 4) is 0 Å². The molecule has 2 atom stereocenters. The number of aryl methyl sites for hydroxylation is 1. The van der Waals surface area contributed by atoms with Gasteiger partial charge in [0.2, 0.25) is 5.91 Å². The van der Waals surface area contributed by atoms with Gasteiger partial charge in [-0.15, -0.1) is 11.8 Å². The molecule has 146 valence electrons. The normalized spacial score (nSPS) is 16.5. The molecule has 2 N–H and O–H groups in total. The lowest BCUT2D eigenvalue weighted by molar-refractivity contribution is -0.153. The molecule has 0 bridgehead atoms. The second kappa shape index (κ2) is 8.67. The summed E-state index contributed by atoms with van der Waals surface area (Å²) in [6.45, 7) is 3.32. The number of carbonyl (C=O) groups excluding carboxylic acids is 3. The monoisotopic (exact) mass is 418 g/mol. The molecule has 0 fully saturated rings. The van der Waals surface area contributed by atoms with Crippen LogP contribution in [0.25, 0.3) is 0 Å². The van der Waals surface area contributed by atoms with Crippen LogP contribution < -0.4 is 10.6 Å². The first-order chi connectivity index (χ1) is 13.3. The number of para-hydroxylation sites is 1. The molecule has 2 aromatic rings. The molecule has 2 amide bonds. The van der Waals surface area contributed by atoms with E-state index in [2.05, 4.69) is 10.6 Å². The van der Waals surface area contributed by atoms with Gasteiger partial charge in [-0.2, -0.15) is 0 Å². The summed E-state index contributed by atoms with van der Waals surface area (Å²) in [5.41, 5.74) is 2.12. The molecule has 1 aliphatic rings. The average Bonchev–Trinajstić information content (AvgIpc) is 2.65. The maximum Gasteiger partial charge on any atom is 0.308 e.